The molecular formula is C10H19NO. The van der Waals surface area contributed by atoms with Crippen molar-refractivity contribution in [3.63, 3.8) is 0 Å². The second kappa shape index (κ2) is 3.75. The number of likely N-dealkylation sites (N-methyl/N-ethyl adjacent to an activating group) is 1. The number of hydrogen-bond donors (Lipinski definition) is 1. The summed E-state index contributed by atoms with van der Waals surface area (Å²) in [5.41, 5.74) is 0. The Morgan fingerprint density at radius 2 is 2.25 bits per heavy atom. The first kappa shape index (κ1) is 8.52. The highest BCUT2D eigenvalue weighted by Crippen LogP contribution is 2.35. The minimum absolute atomic E-state index is 0.510. The van der Waals surface area contributed by atoms with Crippen LogP contribution in [0.25, 0.3) is 0 Å². The Hall–Kier alpha value is -0.0800. The van der Waals surface area contributed by atoms with Crippen LogP contribution in [0.2, 0.25) is 0 Å². The van der Waals surface area contributed by atoms with Crippen molar-refractivity contribution >= 4 is 0 Å². The number of ether oxygens (including phenoxy) is 1. The van der Waals surface area contributed by atoms with Crippen LogP contribution in [-0.2, 0) is 4.74 Å². The molecule has 0 aromatic rings. The summed E-state index contributed by atoms with van der Waals surface area (Å²) >= 11 is 0. The normalized spacial score (nSPS) is 32.2. The first-order chi connectivity index (χ1) is 5.90. The highest BCUT2D eigenvalue weighted by atomic mass is 16.5. The summed E-state index contributed by atoms with van der Waals surface area (Å²) in [6, 6.07) is 0.625. The summed E-state index contributed by atoms with van der Waals surface area (Å²) in [5.74, 6) is 1.01. The van der Waals surface area contributed by atoms with Crippen molar-refractivity contribution in [1.82, 2.24) is 5.32 Å². The van der Waals surface area contributed by atoms with E-state index in [-0.39, 0.29) is 0 Å². The molecule has 1 aliphatic carbocycles. The molecule has 2 nitrogen and oxygen atoms in total. The summed E-state index contributed by atoms with van der Waals surface area (Å²) in [4.78, 5) is 0. The van der Waals surface area contributed by atoms with E-state index in [0.717, 1.165) is 12.5 Å². The largest absolute Gasteiger partial charge is 0.377 e. The lowest BCUT2D eigenvalue weighted by molar-refractivity contribution is 0.0763. The first-order valence-corrected chi connectivity index (χ1v) is 5.19. The van der Waals surface area contributed by atoms with Crippen LogP contribution in [-0.4, -0.2) is 25.8 Å². The number of rotatable bonds is 4. The van der Waals surface area contributed by atoms with Crippen molar-refractivity contribution in [3.05, 3.63) is 0 Å². The molecule has 1 aliphatic heterocycles. The van der Waals surface area contributed by atoms with Gasteiger partial charge >= 0.3 is 0 Å². The summed E-state index contributed by atoms with van der Waals surface area (Å²) in [7, 11) is 2.06. The van der Waals surface area contributed by atoms with Gasteiger partial charge in [-0.05, 0) is 32.2 Å². The van der Waals surface area contributed by atoms with Gasteiger partial charge in [-0.2, -0.15) is 0 Å². The van der Waals surface area contributed by atoms with E-state index in [9.17, 15) is 0 Å². The van der Waals surface area contributed by atoms with E-state index in [0.29, 0.717) is 12.1 Å². The zero-order chi connectivity index (χ0) is 8.39. The van der Waals surface area contributed by atoms with Gasteiger partial charge in [0.15, 0.2) is 0 Å². The molecule has 70 valence electrons. The zero-order valence-electron chi connectivity index (χ0n) is 7.88. The predicted octanol–water partition coefficient (Wildman–Crippen LogP) is 1.55. The lowest BCUT2D eigenvalue weighted by atomic mass is 10.0. The smallest absolute Gasteiger partial charge is 0.0728 e. The lowest BCUT2D eigenvalue weighted by Gasteiger charge is -2.22. The molecule has 12 heavy (non-hydrogen) atoms. The van der Waals surface area contributed by atoms with Crippen LogP contribution in [0.4, 0.5) is 0 Å². The second-order valence-corrected chi connectivity index (χ2v) is 4.13. The van der Waals surface area contributed by atoms with Crippen molar-refractivity contribution in [2.45, 2.75) is 44.2 Å². The molecule has 0 aromatic heterocycles. The molecule has 2 rings (SSSR count). The molecule has 1 saturated heterocycles. The van der Waals surface area contributed by atoms with Crippen LogP contribution in [0.1, 0.15) is 32.1 Å². The van der Waals surface area contributed by atoms with Crippen LogP contribution < -0.4 is 5.32 Å². The zero-order valence-corrected chi connectivity index (χ0v) is 7.88. The fourth-order valence-corrected chi connectivity index (χ4v) is 2.09. The minimum Gasteiger partial charge on any atom is -0.377 e. The summed E-state index contributed by atoms with van der Waals surface area (Å²) < 4.78 is 5.67. The molecule has 2 atom stereocenters. The molecule has 1 N–H and O–H groups in total. The van der Waals surface area contributed by atoms with Crippen molar-refractivity contribution in [2.75, 3.05) is 13.7 Å². The second-order valence-electron chi connectivity index (χ2n) is 4.13. The Morgan fingerprint density at radius 3 is 2.75 bits per heavy atom. The maximum atomic E-state index is 5.67. The summed E-state index contributed by atoms with van der Waals surface area (Å²) in [5, 5.41) is 3.39. The Kier molecular flexibility index (Phi) is 2.66. The first-order valence-electron chi connectivity index (χ1n) is 5.19. The van der Waals surface area contributed by atoms with Crippen LogP contribution in [0, 0.1) is 5.92 Å². The Morgan fingerprint density at radius 1 is 1.42 bits per heavy atom. The van der Waals surface area contributed by atoms with E-state index in [1.165, 1.54) is 32.1 Å². The van der Waals surface area contributed by atoms with Crippen LogP contribution in [0.3, 0.4) is 0 Å². The van der Waals surface area contributed by atoms with Crippen molar-refractivity contribution in [3.8, 4) is 0 Å². The van der Waals surface area contributed by atoms with Gasteiger partial charge in [-0.3, -0.25) is 0 Å². The topological polar surface area (TPSA) is 21.3 Å². The maximum absolute atomic E-state index is 5.67. The predicted molar refractivity (Wildman–Crippen MR) is 49.2 cm³/mol. The van der Waals surface area contributed by atoms with Crippen molar-refractivity contribution in [2.24, 2.45) is 5.92 Å². The molecule has 0 bridgehead atoms. The third-order valence-electron chi connectivity index (χ3n) is 3.07. The molecule has 2 unspecified atom stereocenters. The van der Waals surface area contributed by atoms with E-state index in [4.69, 9.17) is 4.74 Å². The van der Waals surface area contributed by atoms with Gasteiger partial charge in [-0.25, -0.2) is 0 Å². The molecule has 0 spiro atoms. The molecule has 0 radical (unpaired) electrons. The summed E-state index contributed by atoms with van der Waals surface area (Å²) in [6.07, 6.45) is 7.26. The Labute approximate surface area is 74.7 Å². The molecule has 1 saturated carbocycles. The third-order valence-corrected chi connectivity index (χ3v) is 3.07. The lowest BCUT2D eigenvalue weighted by Crippen LogP contribution is -2.37. The van der Waals surface area contributed by atoms with Gasteiger partial charge in [0.05, 0.1) is 6.10 Å². The minimum atomic E-state index is 0.510. The third kappa shape index (κ3) is 1.99. The quantitative estimate of drug-likeness (QED) is 0.689. The average molecular weight is 169 g/mol. The van der Waals surface area contributed by atoms with Crippen molar-refractivity contribution in [1.29, 1.82) is 0 Å². The maximum Gasteiger partial charge on any atom is 0.0728 e. The van der Waals surface area contributed by atoms with E-state index >= 15 is 0 Å². The average Bonchev–Trinajstić information content (AvgIpc) is 2.74. The van der Waals surface area contributed by atoms with Gasteiger partial charge in [0.1, 0.15) is 0 Å². The van der Waals surface area contributed by atoms with Gasteiger partial charge in [-0.15, -0.1) is 0 Å². The van der Waals surface area contributed by atoms with E-state index in [1.807, 2.05) is 0 Å². The van der Waals surface area contributed by atoms with E-state index in [1.54, 1.807) is 0 Å². The van der Waals surface area contributed by atoms with Crippen LogP contribution >= 0.6 is 0 Å². The van der Waals surface area contributed by atoms with Gasteiger partial charge < -0.3 is 10.1 Å². The highest BCUT2D eigenvalue weighted by Gasteiger charge is 2.31. The molecule has 1 heterocycles. The molecular weight excluding hydrogens is 150 g/mol. The number of nitrogens with one attached hydrogen (secondary N) is 1. The van der Waals surface area contributed by atoms with E-state index in [2.05, 4.69) is 12.4 Å². The van der Waals surface area contributed by atoms with Crippen molar-refractivity contribution < 1.29 is 4.74 Å². The Bertz CT molecular complexity index is 139. The summed E-state index contributed by atoms with van der Waals surface area (Å²) in [6.45, 7) is 0.980. The number of hydrogen-bond acceptors (Lipinski definition) is 2. The fourth-order valence-electron chi connectivity index (χ4n) is 2.09. The fraction of sp³-hybridized carbons (Fsp3) is 1.00. The van der Waals surface area contributed by atoms with Gasteiger partial charge in [0.25, 0.3) is 0 Å². The molecule has 2 fully saturated rings. The standard InChI is InChI=1S/C10H19NO/c1-11-9(7-8-4-5-8)10-3-2-6-12-10/h8-11H,2-7H2,1H3. The molecule has 0 aromatic carbocycles. The Balaban J connectivity index is 1.78. The molecule has 0 amide bonds. The van der Waals surface area contributed by atoms with Gasteiger partial charge in [0, 0.05) is 12.6 Å². The monoisotopic (exact) mass is 169 g/mol. The van der Waals surface area contributed by atoms with Gasteiger partial charge in [0.2, 0.25) is 0 Å². The molecule has 2 aliphatic rings. The molecule has 2 heteroatoms. The van der Waals surface area contributed by atoms with Crippen LogP contribution in [0.5, 0.6) is 0 Å². The van der Waals surface area contributed by atoms with E-state index < -0.39 is 0 Å². The SMILES string of the molecule is CNC(CC1CC1)C1CCCO1. The van der Waals surface area contributed by atoms with Gasteiger partial charge in [-0.1, -0.05) is 12.8 Å². The van der Waals surface area contributed by atoms with Crippen LogP contribution in [0.15, 0.2) is 0 Å². The highest BCUT2D eigenvalue weighted by molar-refractivity contribution is 4.85.